The van der Waals surface area contributed by atoms with E-state index < -0.39 is 6.10 Å². The molecule has 6 nitrogen and oxygen atoms in total. The third kappa shape index (κ3) is 64.5. The van der Waals surface area contributed by atoms with Crippen molar-refractivity contribution in [3.8, 4) is 0 Å². The van der Waals surface area contributed by atoms with Crippen molar-refractivity contribution >= 4 is 17.9 Å². The first-order valence-corrected chi connectivity index (χ1v) is 33.0. The third-order valence-electron chi connectivity index (χ3n) is 14.0. The van der Waals surface area contributed by atoms with Crippen LogP contribution in [-0.4, -0.2) is 37.2 Å². The van der Waals surface area contributed by atoms with Gasteiger partial charge in [-0.1, -0.05) is 309 Å². The Kier molecular flexibility index (Phi) is 62.8. The molecule has 0 aliphatic carbocycles. The summed E-state index contributed by atoms with van der Waals surface area (Å²) >= 11 is 0. The Morgan fingerprint density at radius 3 is 0.772 bits per heavy atom. The van der Waals surface area contributed by atoms with Crippen LogP contribution in [0.1, 0.15) is 303 Å². The molecule has 450 valence electrons. The van der Waals surface area contributed by atoms with Crippen molar-refractivity contribution in [3.05, 3.63) is 122 Å². The minimum Gasteiger partial charge on any atom is -0.462 e. The Labute approximate surface area is 488 Å². The average Bonchev–Trinajstić information content (AvgIpc) is 3.45. The summed E-state index contributed by atoms with van der Waals surface area (Å²) in [6.07, 6.45) is 92.2. The maximum Gasteiger partial charge on any atom is 0.306 e. The van der Waals surface area contributed by atoms with E-state index in [0.29, 0.717) is 19.3 Å². The Balaban J connectivity index is 4.33. The lowest BCUT2D eigenvalue weighted by Crippen LogP contribution is -2.30. The molecular weight excluding hydrogens is 973 g/mol. The highest BCUT2D eigenvalue weighted by Gasteiger charge is 2.19. The van der Waals surface area contributed by atoms with Gasteiger partial charge >= 0.3 is 17.9 Å². The summed E-state index contributed by atoms with van der Waals surface area (Å²) in [6, 6.07) is 0. The Bertz CT molecular complexity index is 1640. The van der Waals surface area contributed by atoms with Crippen molar-refractivity contribution < 1.29 is 28.6 Å². The molecule has 0 heterocycles. The first-order valence-electron chi connectivity index (χ1n) is 33.0. The number of ether oxygens (including phenoxy) is 3. The molecule has 1 unspecified atom stereocenters. The van der Waals surface area contributed by atoms with Gasteiger partial charge in [-0.05, 0) is 96.3 Å². The van der Waals surface area contributed by atoms with Crippen LogP contribution in [-0.2, 0) is 28.6 Å². The predicted octanol–water partition coefficient (Wildman–Crippen LogP) is 22.8. The molecule has 0 aliphatic heterocycles. The van der Waals surface area contributed by atoms with E-state index in [-0.39, 0.29) is 31.1 Å². The fourth-order valence-corrected chi connectivity index (χ4v) is 9.06. The van der Waals surface area contributed by atoms with Gasteiger partial charge in [-0.2, -0.15) is 0 Å². The molecule has 0 spiro atoms. The number of unbranched alkanes of at least 4 members (excludes halogenated alkanes) is 28. The van der Waals surface area contributed by atoms with E-state index in [1.807, 2.05) is 0 Å². The van der Waals surface area contributed by atoms with Gasteiger partial charge in [0.15, 0.2) is 6.10 Å². The van der Waals surface area contributed by atoms with E-state index in [4.69, 9.17) is 14.2 Å². The molecule has 6 heteroatoms. The molecule has 0 rings (SSSR count). The molecule has 0 aromatic rings. The van der Waals surface area contributed by atoms with Crippen molar-refractivity contribution in [2.75, 3.05) is 13.2 Å². The molecule has 0 aromatic carbocycles. The molecule has 0 bridgehead atoms. The second-order valence-electron chi connectivity index (χ2n) is 21.7. The zero-order valence-electron chi connectivity index (χ0n) is 51.6. The number of allylic oxidation sites excluding steroid dienone is 20. The largest absolute Gasteiger partial charge is 0.462 e. The molecule has 0 N–H and O–H groups in total. The third-order valence-corrected chi connectivity index (χ3v) is 14.0. The zero-order chi connectivity index (χ0) is 57.1. The van der Waals surface area contributed by atoms with Crippen LogP contribution in [0.5, 0.6) is 0 Å². The van der Waals surface area contributed by atoms with Crippen molar-refractivity contribution in [1.29, 1.82) is 0 Å². The first kappa shape index (κ1) is 74.8. The molecule has 0 aliphatic rings. The van der Waals surface area contributed by atoms with Gasteiger partial charge in [0.05, 0.1) is 0 Å². The Hall–Kier alpha value is -4.19. The van der Waals surface area contributed by atoms with Crippen molar-refractivity contribution in [1.82, 2.24) is 0 Å². The van der Waals surface area contributed by atoms with E-state index in [0.717, 1.165) is 122 Å². The molecule has 0 aromatic heterocycles. The monoisotopic (exact) mass is 1090 g/mol. The van der Waals surface area contributed by atoms with E-state index in [2.05, 4.69) is 142 Å². The fraction of sp³-hybridized carbons (Fsp3) is 0.685. The van der Waals surface area contributed by atoms with Gasteiger partial charge in [0, 0.05) is 19.3 Å². The molecule has 0 saturated carbocycles. The maximum atomic E-state index is 12.9. The smallest absolute Gasteiger partial charge is 0.306 e. The molecule has 0 fully saturated rings. The van der Waals surface area contributed by atoms with Gasteiger partial charge in [0.1, 0.15) is 13.2 Å². The number of rotatable bonds is 59. The van der Waals surface area contributed by atoms with Crippen LogP contribution in [0.25, 0.3) is 0 Å². The summed E-state index contributed by atoms with van der Waals surface area (Å²) in [7, 11) is 0. The lowest BCUT2D eigenvalue weighted by Gasteiger charge is -2.18. The molecule has 1 atom stereocenters. The lowest BCUT2D eigenvalue weighted by atomic mass is 10.0. The number of carbonyl (C=O) groups excluding carboxylic acids is 3. The van der Waals surface area contributed by atoms with Crippen LogP contribution in [0.3, 0.4) is 0 Å². The number of carbonyl (C=O) groups is 3. The lowest BCUT2D eigenvalue weighted by molar-refractivity contribution is -0.167. The standard InChI is InChI=1S/C73H122O6/c1-4-7-10-13-16-19-22-24-26-28-29-30-31-32-33-34-35-36-37-38-39-40-41-42-43-45-46-48-51-54-57-60-63-66-72(75)78-69-70(68-77-71(74)65-62-59-56-53-50-21-18-15-12-9-6-3)79-73(76)67-64-61-58-55-52-49-47-44-27-25-23-20-17-14-11-8-5-2/h7,10,16,19,24,26,29-30,32-33,35-36,38-39,41-42,45-46,51,54,70H,4-6,8-9,11-15,17-18,20-23,25,27-28,31,34,37,40,43-44,47-50,52-53,55-69H2,1-3H3/b10-7-,19-16-,26-24-,30-29-,33-32-,36-35-,39-38-,42-41-,46-45-,54-51-. The average molecular weight is 1100 g/mol. The minimum absolute atomic E-state index is 0.0892. The van der Waals surface area contributed by atoms with Crippen molar-refractivity contribution in [3.63, 3.8) is 0 Å². The quantitative estimate of drug-likeness (QED) is 0.0261. The molecule has 0 saturated heterocycles. The van der Waals surface area contributed by atoms with Gasteiger partial charge in [-0.3, -0.25) is 14.4 Å². The number of hydrogen-bond acceptors (Lipinski definition) is 6. The van der Waals surface area contributed by atoms with Crippen molar-refractivity contribution in [2.45, 2.75) is 309 Å². The summed E-state index contributed by atoms with van der Waals surface area (Å²) in [5.41, 5.74) is 0. The summed E-state index contributed by atoms with van der Waals surface area (Å²) in [5.74, 6) is -0.927. The normalized spacial score (nSPS) is 12.9. The summed E-state index contributed by atoms with van der Waals surface area (Å²) in [6.45, 7) is 6.51. The Morgan fingerprint density at radius 1 is 0.266 bits per heavy atom. The second-order valence-corrected chi connectivity index (χ2v) is 21.7. The summed E-state index contributed by atoms with van der Waals surface area (Å²) in [4.78, 5) is 38.2. The number of esters is 3. The highest BCUT2D eigenvalue weighted by Crippen LogP contribution is 2.16. The second kappa shape index (κ2) is 66.3. The molecule has 0 radical (unpaired) electrons. The van der Waals surface area contributed by atoms with E-state index in [1.54, 1.807) is 0 Å². The topological polar surface area (TPSA) is 78.9 Å². The summed E-state index contributed by atoms with van der Waals surface area (Å²) < 4.78 is 16.9. The van der Waals surface area contributed by atoms with Gasteiger partial charge in [0.25, 0.3) is 0 Å². The van der Waals surface area contributed by atoms with Gasteiger partial charge in [-0.15, -0.1) is 0 Å². The predicted molar refractivity (Wildman–Crippen MR) is 343 cm³/mol. The van der Waals surface area contributed by atoms with Gasteiger partial charge < -0.3 is 14.2 Å². The summed E-state index contributed by atoms with van der Waals surface area (Å²) in [5, 5.41) is 0. The van der Waals surface area contributed by atoms with Gasteiger partial charge in [-0.25, -0.2) is 0 Å². The minimum atomic E-state index is -0.795. The van der Waals surface area contributed by atoms with E-state index in [9.17, 15) is 14.4 Å². The zero-order valence-corrected chi connectivity index (χ0v) is 51.6. The van der Waals surface area contributed by atoms with E-state index >= 15 is 0 Å². The Morgan fingerprint density at radius 2 is 0.494 bits per heavy atom. The van der Waals surface area contributed by atoms with E-state index in [1.165, 1.54) is 141 Å². The highest BCUT2D eigenvalue weighted by molar-refractivity contribution is 5.71. The van der Waals surface area contributed by atoms with Crippen molar-refractivity contribution in [2.24, 2.45) is 0 Å². The fourth-order valence-electron chi connectivity index (χ4n) is 9.06. The molecular formula is C73H122O6. The van der Waals surface area contributed by atoms with Gasteiger partial charge in [0.2, 0.25) is 0 Å². The molecule has 79 heavy (non-hydrogen) atoms. The molecule has 0 amide bonds. The SMILES string of the molecule is CC/C=C\C/C=C\C/C=C\C/C=C\C/C=C\C/C=C\C/C=C\C/C=C\C/C=C\C/C=C\CCCCC(=O)OCC(COC(=O)CCCCCCCCCCCCC)OC(=O)CCCCCCCCCCCCCCCCCCC. The van der Waals surface area contributed by atoms with Crippen LogP contribution in [0, 0.1) is 0 Å². The van der Waals surface area contributed by atoms with Crippen LogP contribution in [0.15, 0.2) is 122 Å². The van der Waals surface area contributed by atoms with Crippen LogP contribution in [0.4, 0.5) is 0 Å². The first-order chi connectivity index (χ1) is 39.0. The van der Waals surface area contributed by atoms with Crippen LogP contribution >= 0.6 is 0 Å². The van der Waals surface area contributed by atoms with Crippen LogP contribution in [0.2, 0.25) is 0 Å². The van der Waals surface area contributed by atoms with Crippen LogP contribution < -0.4 is 0 Å². The highest BCUT2D eigenvalue weighted by atomic mass is 16.6. The number of hydrogen-bond donors (Lipinski definition) is 0. The maximum absolute atomic E-state index is 12.9.